The first-order valence-electron chi connectivity index (χ1n) is 8.66. The van der Waals surface area contributed by atoms with Crippen LogP contribution in [0, 0.1) is 28.6 Å². The number of carbonyl (C=O) groups excluding carboxylic acids is 3. The van der Waals surface area contributed by atoms with Crippen LogP contribution in [0.25, 0.3) is 0 Å². The van der Waals surface area contributed by atoms with Crippen LogP contribution in [0.4, 0.5) is 0 Å². The fraction of sp³-hybridized carbons (Fsp3) is 0.737. The van der Waals surface area contributed by atoms with Crippen LogP contribution >= 0.6 is 0 Å². The lowest BCUT2D eigenvalue weighted by molar-refractivity contribution is -0.149. The highest BCUT2D eigenvalue weighted by molar-refractivity contribution is 5.96. The van der Waals surface area contributed by atoms with E-state index in [0.29, 0.717) is 36.9 Å². The van der Waals surface area contributed by atoms with Crippen LogP contribution in [-0.2, 0) is 14.4 Å². The van der Waals surface area contributed by atoms with Crippen molar-refractivity contribution in [3.63, 3.8) is 0 Å². The fourth-order valence-corrected chi connectivity index (χ4v) is 6.16. The second-order valence-electron chi connectivity index (χ2n) is 8.36. The molecule has 118 valence electrons. The molecule has 3 nitrogen and oxygen atoms in total. The molecular weight excluding hydrogens is 276 g/mol. The molecule has 0 aromatic heterocycles. The molecule has 0 aromatic carbocycles. The monoisotopic (exact) mass is 300 g/mol. The van der Waals surface area contributed by atoms with E-state index in [-0.39, 0.29) is 22.9 Å². The van der Waals surface area contributed by atoms with Crippen molar-refractivity contribution in [1.29, 1.82) is 0 Å². The van der Waals surface area contributed by atoms with Gasteiger partial charge in [-0.05, 0) is 49.0 Å². The molecule has 4 rings (SSSR count). The third kappa shape index (κ3) is 1.65. The summed E-state index contributed by atoms with van der Waals surface area (Å²) in [6.45, 7) is 4.22. The van der Waals surface area contributed by atoms with E-state index in [1.807, 2.05) is 13.0 Å². The number of hydrogen-bond donors (Lipinski definition) is 0. The van der Waals surface area contributed by atoms with Crippen LogP contribution in [0.3, 0.4) is 0 Å². The fourth-order valence-electron chi connectivity index (χ4n) is 6.16. The minimum absolute atomic E-state index is 0.0320. The van der Waals surface area contributed by atoms with Gasteiger partial charge in [0.1, 0.15) is 11.6 Å². The number of hydrogen-bond acceptors (Lipinski definition) is 3. The Morgan fingerprint density at radius 2 is 1.77 bits per heavy atom. The minimum Gasteiger partial charge on any atom is -0.299 e. The normalized spacial score (nSPS) is 47.6. The maximum absolute atomic E-state index is 13.0. The highest BCUT2D eigenvalue weighted by atomic mass is 16.1. The van der Waals surface area contributed by atoms with Crippen LogP contribution in [0.15, 0.2) is 11.6 Å². The molecule has 5 atom stereocenters. The van der Waals surface area contributed by atoms with E-state index >= 15 is 0 Å². The summed E-state index contributed by atoms with van der Waals surface area (Å²) in [4.78, 5) is 37.1. The molecule has 3 heteroatoms. The summed E-state index contributed by atoms with van der Waals surface area (Å²) in [5.41, 5.74) is 0.660. The molecule has 0 aliphatic heterocycles. The summed E-state index contributed by atoms with van der Waals surface area (Å²) >= 11 is 0. The Bertz CT molecular complexity index is 616. The van der Waals surface area contributed by atoms with E-state index in [1.54, 1.807) is 0 Å². The van der Waals surface area contributed by atoms with Crippen molar-refractivity contribution in [2.45, 2.75) is 58.8 Å². The quantitative estimate of drug-likeness (QED) is 0.690. The van der Waals surface area contributed by atoms with Gasteiger partial charge in [-0.1, -0.05) is 19.4 Å². The molecule has 0 heterocycles. The van der Waals surface area contributed by atoms with Crippen LogP contribution in [0.5, 0.6) is 0 Å². The van der Waals surface area contributed by atoms with Gasteiger partial charge in [-0.25, -0.2) is 0 Å². The number of Topliss-reactive ketones (excluding diaryl/α,β-unsaturated/α-hetero) is 2. The van der Waals surface area contributed by atoms with Crippen LogP contribution in [0.1, 0.15) is 58.8 Å². The first kappa shape index (κ1) is 14.3. The molecule has 2 unspecified atom stereocenters. The molecule has 4 aliphatic carbocycles. The van der Waals surface area contributed by atoms with Crippen molar-refractivity contribution in [3.05, 3.63) is 11.6 Å². The molecule has 0 bridgehead atoms. The molecule has 0 amide bonds. The Balaban J connectivity index is 1.77. The molecule has 3 fully saturated rings. The maximum atomic E-state index is 13.0. The Morgan fingerprint density at radius 3 is 2.55 bits per heavy atom. The van der Waals surface area contributed by atoms with Crippen LogP contribution < -0.4 is 0 Å². The van der Waals surface area contributed by atoms with Gasteiger partial charge >= 0.3 is 0 Å². The van der Waals surface area contributed by atoms with Crippen LogP contribution in [0.2, 0.25) is 0 Å². The summed E-state index contributed by atoms with van der Waals surface area (Å²) in [6.07, 6.45) is 7.12. The molecule has 0 spiro atoms. The molecular formula is C19H24O3. The standard InChI is InChI=1S/C19H24O3/c1-18-8-7-12(20)9-11(18)3-4-13-14-5-6-16(22)19(14,2)10-15(21)17(13)18/h9,13-14,17H,3-8,10H2,1-2H3/t13-,14?,17?,18-,19-/m0/s1. The van der Waals surface area contributed by atoms with Crippen molar-refractivity contribution in [2.24, 2.45) is 28.6 Å². The zero-order valence-corrected chi connectivity index (χ0v) is 13.5. The van der Waals surface area contributed by atoms with Crippen LogP contribution in [-0.4, -0.2) is 17.3 Å². The second-order valence-corrected chi connectivity index (χ2v) is 8.36. The summed E-state index contributed by atoms with van der Waals surface area (Å²) in [5, 5.41) is 0. The van der Waals surface area contributed by atoms with E-state index in [1.165, 1.54) is 5.57 Å². The van der Waals surface area contributed by atoms with Gasteiger partial charge in [0, 0.05) is 30.6 Å². The molecule has 3 saturated carbocycles. The number of allylic oxidation sites excluding steroid dienone is 1. The summed E-state index contributed by atoms with van der Waals surface area (Å²) in [7, 11) is 0. The lowest BCUT2D eigenvalue weighted by atomic mass is 9.47. The third-order valence-electron chi connectivity index (χ3n) is 7.36. The van der Waals surface area contributed by atoms with Gasteiger partial charge in [0.2, 0.25) is 0 Å². The van der Waals surface area contributed by atoms with Gasteiger partial charge in [-0.15, -0.1) is 0 Å². The summed E-state index contributed by atoms with van der Waals surface area (Å²) < 4.78 is 0. The van der Waals surface area contributed by atoms with Crippen molar-refractivity contribution in [1.82, 2.24) is 0 Å². The largest absolute Gasteiger partial charge is 0.299 e. The molecule has 0 N–H and O–H groups in total. The van der Waals surface area contributed by atoms with Crippen molar-refractivity contribution in [3.8, 4) is 0 Å². The third-order valence-corrected chi connectivity index (χ3v) is 7.36. The molecule has 0 saturated heterocycles. The van der Waals surface area contributed by atoms with Gasteiger partial charge in [0.05, 0.1) is 0 Å². The Hall–Kier alpha value is -1.25. The smallest absolute Gasteiger partial charge is 0.155 e. The van der Waals surface area contributed by atoms with Gasteiger partial charge in [0.15, 0.2) is 5.78 Å². The predicted octanol–water partition coefficient (Wildman–Crippen LogP) is 3.27. The Morgan fingerprint density at radius 1 is 1.00 bits per heavy atom. The van der Waals surface area contributed by atoms with Crippen molar-refractivity contribution < 1.29 is 14.4 Å². The molecule has 0 aromatic rings. The highest BCUT2D eigenvalue weighted by Crippen LogP contribution is 2.63. The summed E-state index contributed by atoms with van der Waals surface area (Å²) in [6, 6.07) is 0. The number of carbonyl (C=O) groups is 3. The first-order valence-corrected chi connectivity index (χ1v) is 8.66. The highest BCUT2D eigenvalue weighted by Gasteiger charge is 2.62. The number of fused-ring (bicyclic) bond motifs is 5. The number of rotatable bonds is 0. The van der Waals surface area contributed by atoms with E-state index in [2.05, 4.69) is 6.92 Å². The lowest BCUT2D eigenvalue weighted by Crippen LogP contribution is -2.55. The Labute approximate surface area is 131 Å². The zero-order valence-electron chi connectivity index (χ0n) is 13.5. The lowest BCUT2D eigenvalue weighted by Gasteiger charge is -2.55. The minimum atomic E-state index is -0.402. The van der Waals surface area contributed by atoms with Crippen molar-refractivity contribution in [2.75, 3.05) is 0 Å². The molecule has 4 aliphatic rings. The van der Waals surface area contributed by atoms with E-state index in [9.17, 15) is 14.4 Å². The van der Waals surface area contributed by atoms with E-state index in [4.69, 9.17) is 0 Å². The maximum Gasteiger partial charge on any atom is 0.155 e. The molecule has 0 radical (unpaired) electrons. The average Bonchev–Trinajstić information content (AvgIpc) is 2.75. The van der Waals surface area contributed by atoms with Crippen molar-refractivity contribution >= 4 is 17.3 Å². The summed E-state index contributed by atoms with van der Waals surface area (Å²) in [5.74, 6) is 1.54. The second kappa shape index (κ2) is 4.39. The number of ketones is 3. The predicted molar refractivity (Wildman–Crippen MR) is 82.1 cm³/mol. The first-order chi connectivity index (χ1) is 10.4. The van der Waals surface area contributed by atoms with Gasteiger partial charge < -0.3 is 0 Å². The van der Waals surface area contributed by atoms with Gasteiger partial charge in [0.25, 0.3) is 0 Å². The SMILES string of the molecule is C[C@]12CCC(=O)C=C1CC[C@@H]1C2C(=O)C[C@]2(C)C(=O)CCC12. The topological polar surface area (TPSA) is 51.2 Å². The van der Waals surface area contributed by atoms with Gasteiger partial charge in [-0.2, -0.15) is 0 Å². The molecule has 22 heavy (non-hydrogen) atoms. The Kier molecular flexibility index (Phi) is 2.87. The van der Waals surface area contributed by atoms with E-state index in [0.717, 1.165) is 25.7 Å². The average molecular weight is 300 g/mol. The van der Waals surface area contributed by atoms with E-state index < -0.39 is 5.41 Å². The van der Waals surface area contributed by atoms with Gasteiger partial charge in [-0.3, -0.25) is 14.4 Å². The zero-order chi connectivity index (χ0) is 15.7.